The van der Waals surface area contributed by atoms with Gasteiger partial charge in [-0.05, 0) is 63.4 Å². The lowest BCUT2D eigenvalue weighted by Gasteiger charge is -2.24. The predicted octanol–water partition coefficient (Wildman–Crippen LogP) is 2.67. The number of rotatable bonds is 11. The van der Waals surface area contributed by atoms with Crippen LogP contribution in [0.3, 0.4) is 0 Å². The number of hydrogen-bond acceptors (Lipinski definition) is 5. The van der Waals surface area contributed by atoms with E-state index in [1.165, 1.54) is 24.9 Å². The molecule has 2 N–H and O–H groups in total. The highest BCUT2D eigenvalue weighted by atomic mass is 16.5. The molecule has 2 aromatic rings. The van der Waals surface area contributed by atoms with Gasteiger partial charge in [-0.15, -0.1) is 10.2 Å². The van der Waals surface area contributed by atoms with Crippen molar-refractivity contribution in [3.05, 3.63) is 41.5 Å². The topological polar surface area (TPSA) is 79.6 Å². The summed E-state index contributed by atoms with van der Waals surface area (Å²) in [6, 6.07) is 8.91. The zero-order valence-electron chi connectivity index (χ0n) is 20.1. The number of guanidine groups is 1. The van der Waals surface area contributed by atoms with Crippen molar-refractivity contribution in [2.75, 3.05) is 32.8 Å². The number of likely N-dealkylation sites (tertiary alicyclic amines) is 1. The first-order chi connectivity index (χ1) is 15.6. The molecule has 2 heterocycles. The molecule has 3 rings (SSSR count). The van der Waals surface area contributed by atoms with Crippen molar-refractivity contribution in [1.29, 1.82) is 0 Å². The second-order valence-electron chi connectivity index (χ2n) is 8.37. The summed E-state index contributed by atoms with van der Waals surface area (Å²) in [6.07, 6.45) is 4.42. The summed E-state index contributed by atoms with van der Waals surface area (Å²) in [5, 5.41) is 15.4. The lowest BCUT2D eigenvalue weighted by molar-refractivity contribution is 0.267. The molecule has 0 spiro atoms. The number of likely N-dealkylation sites (N-methyl/N-ethyl adjacent to an activating group) is 1. The normalized spacial score (nSPS) is 17.0. The Labute approximate surface area is 192 Å². The molecule has 8 heteroatoms. The van der Waals surface area contributed by atoms with Crippen molar-refractivity contribution < 1.29 is 4.74 Å². The molecule has 1 saturated heterocycles. The lowest BCUT2D eigenvalue weighted by atomic mass is 10.1. The third-order valence-corrected chi connectivity index (χ3v) is 6.05. The molecule has 0 radical (unpaired) electrons. The van der Waals surface area contributed by atoms with Crippen molar-refractivity contribution in [3.63, 3.8) is 0 Å². The zero-order valence-corrected chi connectivity index (χ0v) is 20.1. The first-order valence-corrected chi connectivity index (χ1v) is 11.9. The van der Waals surface area contributed by atoms with Gasteiger partial charge in [0, 0.05) is 26.2 Å². The van der Waals surface area contributed by atoms with Crippen LogP contribution in [-0.4, -0.2) is 64.5 Å². The fourth-order valence-corrected chi connectivity index (χ4v) is 4.01. The number of aliphatic imine (C=N–C) groups is 1. The molecule has 0 saturated carbocycles. The van der Waals surface area contributed by atoms with Crippen molar-refractivity contribution >= 4 is 5.96 Å². The smallest absolute Gasteiger partial charge is 0.191 e. The molecule has 176 valence electrons. The van der Waals surface area contributed by atoms with E-state index in [1.54, 1.807) is 0 Å². The van der Waals surface area contributed by atoms with Crippen molar-refractivity contribution in [3.8, 4) is 5.75 Å². The highest BCUT2D eigenvalue weighted by Crippen LogP contribution is 2.16. The molecule has 0 aliphatic carbocycles. The average molecular weight is 442 g/mol. The van der Waals surface area contributed by atoms with E-state index < -0.39 is 0 Å². The van der Waals surface area contributed by atoms with E-state index in [1.807, 2.05) is 24.6 Å². The molecule has 1 aliphatic heterocycles. The van der Waals surface area contributed by atoms with Crippen LogP contribution in [0.15, 0.2) is 29.3 Å². The number of hydrogen-bond donors (Lipinski definition) is 2. The van der Waals surface area contributed by atoms with Gasteiger partial charge < -0.3 is 19.9 Å². The van der Waals surface area contributed by atoms with Gasteiger partial charge in [-0.2, -0.15) is 0 Å². The Morgan fingerprint density at radius 3 is 2.88 bits per heavy atom. The second kappa shape index (κ2) is 12.4. The van der Waals surface area contributed by atoms with Crippen molar-refractivity contribution in [2.24, 2.45) is 12.0 Å². The maximum Gasteiger partial charge on any atom is 0.191 e. The highest BCUT2D eigenvalue weighted by molar-refractivity contribution is 5.79. The van der Waals surface area contributed by atoms with E-state index in [0.717, 1.165) is 62.4 Å². The van der Waals surface area contributed by atoms with Gasteiger partial charge in [-0.25, -0.2) is 4.99 Å². The Bertz CT molecular complexity index is 864. The zero-order chi connectivity index (χ0) is 22.8. The molecule has 1 aromatic carbocycles. The van der Waals surface area contributed by atoms with Crippen LogP contribution < -0.4 is 15.4 Å². The van der Waals surface area contributed by atoms with Gasteiger partial charge in [-0.1, -0.05) is 26.0 Å². The molecule has 8 nitrogen and oxygen atoms in total. The number of aryl methyl sites for hydroxylation is 1. The van der Waals surface area contributed by atoms with Gasteiger partial charge in [0.05, 0.1) is 6.61 Å². The minimum atomic E-state index is 0.495. The minimum absolute atomic E-state index is 0.495. The minimum Gasteiger partial charge on any atom is -0.494 e. The molecular formula is C24H39N7O. The van der Waals surface area contributed by atoms with Crippen LogP contribution in [0, 0.1) is 6.92 Å². The van der Waals surface area contributed by atoms with E-state index in [4.69, 9.17) is 9.73 Å². The first kappa shape index (κ1) is 24.0. The third-order valence-electron chi connectivity index (χ3n) is 6.05. The van der Waals surface area contributed by atoms with Crippen LogP contribution in [-0.2, 0) is 20.0 Å². The summed E-state index contributed by atoms with van der Waals surface area (Å²) in [7, 11) is 1.98. The summed E-state index contributed by atoms with van der Waals surface area (Å²) in [4.78, 5) is 7.34. The molecule has 1 aliphatic rings. The SMILES string of the molecule is CCCOc1cccc(CCNC(=NCc2nnc(C)n2C)NCC2CCCN2CC)c1. The monoisotopic (exact) mass is 441 g/mol. The molecular weight excluding hydrogens is 402 g/mol. The summed E-state index contributed by atoms with van der Waals surface area (Å²) in [5.41, 5.74) is 1.25. The molecule has 1 unspecified atom stereocenters. The van der Waals surface area contributed by atoms with Crippen LogP contribution >= 0.6 is 0 Å². The largest absolute Gasteiger partial charge is 0.494 e. The standard InChI is InChI=1S/C24H39N7O/c1-5-15-32-22-11-7-9-20(16-22)12-13-25-24(26-17-21-10-8-14-31(21)6-2)27-18-23-29-28-19(3)30(23)4/h7,9,11,16,21H,5-6,8,10,12-15,17-18H2,1-4H3,(H2,25,26,27). The Morgan fingerprint density at radius 2 is 2.12 bits per heavy atom. The van der Waals surface area contributed by atoms with Crippen molar-refractivity contribution in [1.82, 2.24) is 30.3 Å². The number of benzene rings is 1. The fourth-order valence-electron chi connectivity index (χ4n) is 4.01. The third kappa shape index (κ3) is 6.95. The Balaban J connectivity index is 1.58. The summed E-state index contributed by atoms with van der Waals surface area (Å²) in [5.74, 6) is 3.52. The first-order valence-electron chi connectivity index (χ1n) is 11.9. The van der Waals surface area contributed by atoms with E-state index in [2.05, 4.69) is 57.8 Å². The molecule has 0 amide bonds. The maximum atomic E-state index is 5.76. The van der Waals surface area contributed by atoms with Gasteiger partial charge in [0.25, 0.3) is 0 Å². The van der Waals surface area contributed by atoms with E-state index in [-0.39, 0.29) is 0 Å². The maximum absolute atomic E-state index is 5.76. The van der Waals surface area contributed by atoms with E-state index in [0.29, 0.717) is 12.6 Å². The molecule has 1 atom stereocenters. The van der Waals surface area contributed by atoms with E-state index in [9.17, 15) is 0 Å². The van der Waals surface area contributed by atoms with Crippen LogP contribution in [0.1, 0.15) is 50.3 Å². The summed E-state index contributed by atoms with van der Waals surface area (Å²) < 4.78 is 7.75. The number of aromatic nitrogens is 3. The number of ether oxygens (including phenoxy) is 1. The fraction of sp³-hybridized carbons (Fsp3) is 0.625. The second-order valence-corrected chi connectivity index (χ2v) is 8.37. The van der Waals surface area contributed by atoms with E-state index >= 15 is 0 Å². The summed E-state index contributed by atoms with van der Waals surface area (Å²) in [6.45, 7) is 11.5. The van der Waals surface area contributed by atoms with Crippen LogP contribution in [0.4, 0.5) is 0 Å². The van der Waals surface area contributed by atoms with Gasteiger partial charge in [-0.3, -0.25) is 4.90 Å². The molecule has 0 bridgehead atoms. The lowest BCUT2D eigenvalue weighted by Crippen LogP contribution is -2.45. The average Bonchev–Trinajstić information content (AvgIpc) is 3.40. The summed E-state index contributed by atoms with van der Waals surface area (Å²) >= 11 is 0. The predicted molar refractivity (Wildman–Crippen MR) is 129 cm³/mol. The van der Waals surface area contributed by atoms with Gasteiger partial charge >= 0.3 is 0 Å². The van der Waals surface area contributed by atoms with Gasteiger partial charge in [0.2, 0.25) is 0 Å². The quantitative estimate of drug-likeness (QED) is 0.412. The van der Waals surface area contributed by atoms with Gasteiger partial charge in [0.1, 0.15) is 18.1 Å². The van der Waals surface area contributed by atoms with Crippen LogP contribution in [0.5, 0.6) is 5.75 Å². The Morgan fingerprint density at radius 1 is 1.25 bits per heavy atom. The highest BCUT2D eigenvalue weighted by Gasteiger charge is 2.22. The molecule has 1 fully saturated rings. The van der Waals surface area contributed by atoms with Crippen LogP contribution in [0.2, 0.25) is 0 Å². The van der Waals surface area contributed by atoms with Gasteiger partial charge in [0.15, 0.2) is 11.8 Å². The van der Waals surface area contributed by atoms with Crippen molar-refractivity contribution in [2.45, 2.75) is 59.0 Å². The Hall–Kier alpha value is -2.61. The van der Waals surface area contributed by atoms with Crippen LogP contribution in [0.25, 0.3) is 0 Å². The molecule has 1 aromatic heterocycles. The molecule has 32 heavy (non-hydrogen) atoms. The number of nitrogens with one attached hydrogen (secondary N) is 2. The Kier molecular flexibility index (Phi) is 9.34. The number of nitrogens with zero attached hydrogens (tertiary/aromatic N) is 5.